The molecule has 0 radical (unpaired) electrons. The minimum Gasteiger partial charge on any atom is -0.457 e. The van der Waals surface area contributed by atoms with Crippen molar-refractivity contribution >= 4 is 24.8 Å². The van der Waals surface area contributed by atoms with Crippen molar-refractivity contribution in [1.82, 2.24) is 4.98 Å². The quantitative estimate of drug-likeness (QED) is 0.362. The van der Waals surface area contributed by atoms with Crippen LogP contribution in [-0.4, -0.2) is 4.98 Å². The molecule has 0 saturated carbocycles. The fourth-order valence-electron chi connectivity index (χ4n) is 3.19. The summed E-state index contributed by atoms with van der Waals surface area (Å²) in [6.07, 6.45) is 1.53. The third kappa shape index (κ3) is 5.24. The molecule has 162 valence electrons. The number of hydrogen-bond donors (Lipinski definition) is 1. The second-order valence-electron chi connectivity index (χ2n) is 6.67. The van der Waals surface area contributed by atoms with E-state index < -0.39 is 5.82 Å². The lowest BCUT2D eigenvalue weighted by atomic mass is 9.99. The van der Waals surface area contributed by atoms with Crippen LogP contribution in [0.4, 0.5) is 4.39 Å². The van der Waals surface area contributed by atoms with Crippen LogP contribution in [0.3, 0.4) is 0 Å². The van der Waals surface area contributed by atoms with Crippen molar-refractivity contribution in [3.8, 4) is 40.0 Å². The second-order valence-corrected chi connectivity index (χ2v) is 6.67. The summed E-state index contributed by atoms with van der Waals surface area (Å²) in [6.45, 7) is 0.343. The van der Waals surface area contributed by atoms with E-state index in [2.05, 4.69) is 4.98 Å². The van der Waals surface area contributed by atoms with Gasteiger partial charge < -0.3 is 10.5 Å². The van der Waals surface area contributed by atoms with E-state index in [1.54, 1.807) is 42.5 Å². The van der Waals surface area contributed by atoms with Crippen LogP contribution in [0.1, 0.15) is 11.1 Å². The number of benzene rings is 3. The first-order valence-electron chi connectivity index (χ1n) is 9.41. The molecule has 0 aliphatic heterocycles. The van der Waals surface area contributed by atoms with Gasteiger partial charge in [0.15, 0.2) is 5.82 Å². The molecule has 2 N–H and O–H groups in total. The van der Waals surface area contributed by atoms with Crippen molar-refractivity contribution in [3.63, 3.8) is 0 Å². The van der Waals surface area contributed by atoms with Gasteiger partial charge in [0.25, 0.3) is 0 Å². The van der Waals surface area contributed by atoms with Crippen LogP contribution in [0.15, 0.2) is 85.1 Å². The van der Waals surface area contributed by atoms with Gasteiger partial charge in [0.1, 0.15) is 23.3 Å². The van der Waals surface area contributed by atoms with Gasteiger partial charge in [0, 0.05) is 23.9 Å². The van der Waals surface area contributed by atoms with Crippen molar-refractivity contribution in [2.24, 2.45) is 5.73 Å². The summed E-state index contributed by atoms with van der Waals surface area (Å²) < 4.78 is 20.9. The van der Waals surface area contributed by atoms with Gasteiger partial charge in [0.05, 0.1) is 5.56 Å². The van der Waals surface area contributed by atoms with Crippen molar-refractivity contribution in [2.45, 2.75) is 6.54 Å². The van der Waals surface area contributed by atoms with Crippen LogP contribution >= 0.6 is 24.8 Å². The van der Waals surface area contributed by atoms with Gasteiger partial charge in [-0.2, -0.15) is 5.26 Å². The summed E-state index contributed by atoms with van der Waals surface area (Å²) in [4.78, 5) is 4.30. The van der Waals surface area contributed by atoms with Gasteiger partial charge in [-0.3, -0.25) is 4.98 Å². The van der Waals surface area contributed by atoms with Crippen LogP contribution < -0.4 is 10.5 Å². The normalized spacial score (nSPS) is 9.78. The molecule has 4 rings (SSSR count). The molecule has 0 fully saturated rings. The molecular weight excluding hydrogens is 448 g/mol. The molecule has 7 heteroatoms. The van der Waals surface area contributed by atoms with Crippen LogP contribution in [-0.2, 0) is 6.54 Å². The zero-order valence-electron chi connectivity index (χ0n) is 16.9. The number of aromatic nitrogens is 1. The summed E-state index contributed by atoms with van der Waals surface area (Å²) in [5.41, 5.74) is 8.33. The van der Waals surface area contributed by atoms with Crippen LogP contribution in [0, 0.1) is 17.1 Å². The van der Waals surface area contributed by atoms with E-state index >= 15 is 4.39 Å². The molecule has 0 spiro atoms. The van der Waals surface area contributed by atoms with Crippen LogP contribution in [0.2, 0.25) is 0 Å². The number of pyridine rings is 1. The third-order valence-corrected chi connectivity index (χ3v) is 4.71. The highest BCUT2D eigenvalue weighted by Crippen LogP contribution is 2.32. The monoisotopic (exact) mass is 467 g/mol. The zero-order valence-corrected chi connectivity index (χ0v) is 18.5. The van der Waals surface area contributed by atoms with Crippen molar-refractivity contribution in [2.75, 3.05) is 0 Å². The molecular formula is C25H20Cl2FN3O. The van der Waals surface area contributed by atoms with E-state index in [0.29, 0.717) is 29.0 Å². The molecule has 32 heavy (non-hydrogen) atoms. The van der Waals surface area contributed by atoms with E-state index in [4.69, 9.17) is 10.5 Å². The largest absolute Gasteiger partial charge is 0.457 e. The van der Waals surface area contributed by atoms with Crippen LogP contribution in [0.5, 0.6) is 11.5 Å². The second kappa shape index (κ2) is 11.3. The fourth-order valence-corrected chi connectivity index (χ4v) is 3.19. The smallest absolute Gasteiger partial charge is 0.167 e. The predicted octanol–water partition coefficient (Wildman–Crippen LogP) is 6.52. The van der Waals surface area contributed by atoms with Crippen molar-refractivity contribution in [3.05, 3.63) is 102 Å². The van der Waals surface area contributed by atoms with Gasteiger partial charge in [-0.1, -0.05) is 48.5 Å². The number of hydrogen-bond acceptors (Lipinski definition) is 4. The van der Waals surface area contributed by atoms with E-state index in [9.17, 15) is 5.26 Å². The summed E-state index contributed by atoms with van der Waals surface area (Å²) in [7, 11) is 0. The lowest BCUT2D eigenvalue weighted by molar-refractivity contribution is 0.483. The first-order chi connectivity index (χ1) is 14.7. The highest BCUT2D eigenvalue weighted by Gasteiger charge is 2.17. The maximum atomic E-state index is 15.2. The number of rotatable bonds is 5. The Morgan fingerprint density at radius 1 is 0.875 bits per heavy atom. The zero-order chi connectivity index (χ0) is 20.9. The average molecular weight is 468 g/mol. The van der Waals surface area contributed by atoms with Crippen LogP contribution in [0.25, 0.3) is 22.4 Å². The average Bonchev–Trinajstić information content (AvgIpc) is 2.80. The SMILES string of the molecule is Cl.Cl.N#Cc1c(-c2ccc(Oc3ccccc3)cc2)cnc(-c2cccc(CN)c2)c1F. The number of nitriles is 1. The van der Waals surface area contributed by atoms with E-state index in [0.717, 1.165) is 11.3 Å². The summed E-state index contributed by atoms with van der Waals surface area (Å²) >= 11 is 0. The molecule has 0 saturated heterocycles. The van der Waals surface area contributed by atoms with Crippen molar-refractivity contribution < 1.29 is 9.13 Å². The predicted molar refractivity (Wildman–Crippen MR) is 129 cm³/mol. The molecule has 1 aromatic heterocycles. The molecule has 0 aliphatic carbocycles. The van der Waals surface area contributed by atoms with Gasteiger partial charge in [0.2, 0.25) is 0 Å². The highest BCUT2D eigenvalue weighted by molar-refractivity contribution is 5.85. The first-order valence-corrected chi connectivity index (χ1v) is 9.41. The number of nitrogens with two attached hydrogens (primary N) is 1. The summed E-state index contributed by atoms with van der Waals surface area (Å²) in [6, 6.07) is 25.7. The standard InChI is InChI=1S/C25H18FN3O.2ClH/c26-24-22(15-28)23(16-29-25(24)19-6-4-5-17(13-19)14-27)18-9-11-21(12-10-18)30-20-7-2-1-3-8-20;;/h1-13,16H,14,27H2;2*1H. The molecule has 4 nitrogen and oxygen atoms in total. The van der Waals surface area contributed by atoms with E-state index in [-0.39, 0.29) is 36.1 Å². The number of para-hydroxylation sites is 1. The minimum atomic E-state index is -0.645. The lowest BCUT2D eigenvalue weighted by Gasteiger charge is -2.11. The molecule has 0 bridgehead atoms. The molecule has 0 atom stereocenters. The molecule has 1 heterocycles. The Labute approximate surface area is 198 Å². The Morgan fingerprint density at radius 2 is 1.56 bits per heavy atom. The molecule has 4 aromatic rings. The molecule has 0 amide bonds. The number of halogens is 3. The van der Waals surface area contributed by atoms with Crippen molar-refractivity contribution in [1.29, 1.82) is 5.26 Å². The van der Waals surface area contributed by atoms with Gasteiger partial charge in [-0.15, -0.1) is 24.8 Å². The van der Waals surface area contributed by atoms with Gasteiger partial charge in [-0.05, 0) is 41.5 Å². The fraction of sp³-hybridized carbons (Fsp3) is 0.0400. The van der Waals surface area contributed by atoms with Gasteiger partial charge in [-0.25, -0.2) is 4.39 Å². The maximum Gasteiger partial charge on any atom is 0.167 e. The summed E-state index contributed by atoms with van der Waals surface area (Å²) in [5.74, 6) is 0.723. The van der Waals surface area contributed by atoms with Gasteiger partial charge >= 0.3 is 0 Å². The third-order valence-electron chi connectivity index (χ3n) is 4.71. The van der Waals surface area contributed by atoms with E-state index in [1.807, 2.05) is 42.5 Å². The molecule has 0 aliphatic rings. The Hall–Kier alpha value is -3.43. The first kappa shape index (κ1) is 24.8. The Kier molecular flexibility index (Phi) is 8.74. The Bertz CT molecular complexity index is 1230. The van der Waals surface area contributed by atoms with E-state index in [1.165, 1.54) is 6.20 Å². The molecule has 0 unspecified atom stereocenters. The maximum absolute atomic E-state index is 15.2. The minimum absolute atomic E-state index is 0. The topological polar surface area (TPSA) is 71.9 Å². The Balaban J connectivity index is 0.00000181. The number of nitrogens with zero attached hydrogens (tertiary/aromatic N) is 2. The Morgan fingerprint density at radius 3 is 2.22 bits per heavy atom. The lowest BCUT2D eigenvalue weighted by Crippen LogP contribution is -1.99. The highest BCUT2D eigenvalue weighted by atomic mass is 35.5. The summed E-state index contributed by atoms with van der Waals surface area (Å²) in [5, 5.41) is 9.62. The molecule has 3 aromatic carbocycles. The number of ether oxygens (including phenoxy) is 1.